The highest BCUT2D eigenvalue weighted by Gasteiger charge is 2.25. The molecule has 0 radical (unpaired) electrons. The molecule has 3 atom stereocenters. The van der Waals surface area contributed by atoms with Crippen LogP contribution in [0.3, 0.4) is 0 Å². The zero-order valence-corrected chi connectivity index (χ0v) is 16.5. The third-order valence-electron chi connectivity index (χ3n) is 5.71. The van der Waals surface area contributed by atoms with Crippen LogP contribution < -0.4 is 0 Å². The van der Waals surface area contributed by atoms with E-state index < -0.39 is 0 Å². The summed E-state index contributed by atoms with van der Waals surface area (Å²) in [6.07, 6.45) is 21.6. The molecule has 1 fully saturated rings. The van der Waals surface area contributed by atoms with Crippen LogP contribution in [0.4, 0.5) is 0 Å². The van der Waals surface area contributed by atoms with Crippen molar-refractivity contribution in [3.8, 4) is 0 Å². The summed E-state index contributed by atoms with van der Waals surface area (Å²) in [5.41, 5.74) is 0. The van der Waals surface area contributed by atoms with Crippen LogP contribution >= 0.6 is 0 Å². The summed E-state index contributed by atoms with van der Waals surface area (Å²) in [5.74, 6) is 1.65. The lowest BCUT2D eigenvalue weighted by Gasteiger charge is -2.32. The molecule has 0 N–H and O–H groups in total. The molecule has 1 saturated carbocycles. The number of unbranched alkanes of at least 4 members (excludes halogenated alkanes) is 11. The van der Waals surface area contributed by atoms with E-state index in [2.05, 4.69) is 20.8 Å². The van der Waals surface area contributed by atoms with E-state index in [1.807, 2.05) is 0 Å². The van der Waals surface area contributed by atoms with Gasteiger partial charge < -0.3 is 4.74 Å². The summed E-state index contributed by atoms with van der Waals surface area (Å²) >= 11 is 0. The predicted molar refractivity (Wildman–Crippen MR) is 103 cm³/mol. The maximum absolute atomic E-state index is 6.16. The molecule has 0 aromatic rings. The van der Waals surface area contributed by atoms with Gasteiger partial charge in [0.2, 0.25) is 0 Å². The Morgan fingerprint density at radius 3 is 1.78 bits per heavy atom. The molecule has 0 aliphatic heterocycles. The summed E-state index contributed by atoms with van der Waals surface area (Å²) in [5, 5.41) is 0. The fourth-order valence-electron chi connectivity index (χ4n) is 3.89. The molecule has 1 heteroatoms. The molecule has 1 aliphatic rings. The highest BCUT2D eigenvalue weighted by Crippen LogP contribution is 2.30. The molecular formula is C22H44O. The molecule has 0 heterocycles. The van der Waals surface area contributed by atoms with Crippen LogP contribution in [0.15, 0.2) is 0 Å². The molecule has 0 aromatic carbocycles. The molecular weight excluding hydrogens is 280 g/mol. The van der Waals surface area contributed by atoms with E-state index in [-0.39, 0.29) is 0 Å². The second kappa shape index (κ2) is 14.3. The van der Waals surface area contributed by atoms with Crippen molar-refractivity contribution in [3.63, 3.8) is 0 Å². The van der Waals surface area contributed by atoms with Crippen molar-refractivity contribution in [2.24, 2.45) is 11.8 Å². The molecule has 1 rings (SSSR count). The van der Waals surface area contributed by atoms with Gasteiger partial charge in [0.05, 0.1) is 6.10 Å². The number of hydrogen-bond acceptors (Lipinski definition) is 1. The third kappa shape index (κ3) is 11.2. The molecule has 1 aliphatic carbocycles. The van der Waals surface area contributed by atoms with Crippen LogP contribution in [-0.2, 0) is 4.74 Å². The van der Waals surface area contributed by atoms with E-state index in [0.29, 0.717) is 6.10 Å². The summed E-state index contributed by atoms with van der Waals surface area (Å²) in [4.78, 5) is 0. The first-order chi connectivity index (χ1) is 11.2. The van der Waals surface area contributed by atoms with Crippen LogP contribution in [0.25, 0.3) is 0 Å². The summed E-state index contributed by atoms with van der Waals surface area (Å²) < 4.78 is 6.16. The van der Waals surface area contributed by atoms with Crippen LogP contribution in [0.2, 0.25) is 0 Å². The smallest absolute Gasteiger partial charge is 0.0603 e. The average Bonchev–Trinajstić information content (AvgIpc) is 2.55. The van der Waals surface area contributed by atoms with Gasteiger partial charge in [0, 0.05) is 6.61 Å². The van der Waals surface area contributed by atoms with E-state index >= 15 is 0 Å². The Morgan fingerprint density at radius 1 is 0.696 bits per heavy atom. The molecule has 3 unspecified atom stereocenters. The number of ether oxygens (including phenoxy) is 1. The Balaban J connectivity index is 1.79. The first-order valence-electron chi connectivity index (χ1n) is 10.9. The summed E-state index contributed by atoms with van der Waals surface area (Å²) in [6.45, 7) is 8.05. The van der Waals surface area contributed by atoms with Gasteiger partial charge in [0.1, 0.15) is 0 Å². The molecule has 1 nitrogen and oxygen atoms in total. The third-order valence-corrected chi connectivity index (χ3v) is 5.71. The van der Waals surface area contributed by atoms with Gasteiger partial charge in [-0.15, -0.1) is 0 Å². The van der Waals surface area contributed by atoms with E-state index in [0.717, 1.165) is 18.4 Å². The Bertz CT molecular complexity index is 250. The van der Waals surface area contributed by atoms with Crippen molar-refractivity contribution in [1.82, 2.24) is 0 Å². The Kier molecular flexibility index (Phi) is 13.1. The average molecular weight is 325 g/mol. The minimum atomic E-state index is 0.548. The van der Waals surface area contributed by atoms with Gasteiger partial charge in [-0.25, -0.2) is 0 Å². The lowest BCUT2D eigenvalue weighted by molar-refractivity contribution is -0.0193. The Morgan fingerprint density at radius 2 is 1.22 bits per heavy atom. The largest absolute Gasteiger partial charge is 0.378 e. The minimum Gasteiger partial charge on any atom is -0.378 e. The zero-order chi connectivity index (χ0) is 16.8. The zero-order valence-electron chi connectivity index (χ0n) is 16.5. The monoisotopic (exact) mass is 324 g/mol. The van der Waals surface area contributed by atoms with E-state index in [4.69, 9.17) is 4.74 Å². The standard InChI is InChI=1S/C22H44O/c1-4-5-6-7-8-9-10-11-12-13-14-15-18-23-22-19-20(2)16-17-21(22)3/h20-22H,4-19H2,1-3H3. The normalized spacial score (nSPS) is 24.9. The predicted octanol–water partition coefficient (Wildman–Crippen LogP) is 7.53. The molecule has 0 amide bonds. The first kappa shape index (κ1) is 21.0. The highest BCUT2D eigenvalue weighted by atomic mass is 16.5. The second-order valence-corrected chi connectivity index (χ2v) is 8.19. The second-order valence-electron chi connectivity index (χ2n) is 8.19. The van der Waals surface area contributed by atoms with Crippen molar-refractivity contribution in [1.29, 1.82) is 0 Å². The van der Waals surface area contributed by atoms with Gasteiger partial charge in [-0.2, -0.15) is 0 Å². The summed E-state index contributed by atoms with van der Waals surface area (Å²) in [7, 11) is 0. The molecule has 23 heavy (non-hydrogen) atoms. The minimum absolute atomic E-state index is 0.548. The van der Waals surface area contributed by atoms with Gasteiger partial charge in [-0.3, -0.25) is 0 Å². The molecule has 138 valence electrons. The lowest BCUT2D eigenvalue weighted by atomic mass is 9.82. The van der Waals surface area contributed by atoms with E-state index in [1.54, 1.807) is 0 Å². The molecule has 0 saturated heterocycles. The van der Waals surface area contributed by atoms with Crippen LogP contribution in [0, 0.1) is 11.8 Å². The van der Waals surface area contributed by atoms with Gasteiger partial charge in [0.25, 0.3) is 0 Å². The number of hydrogen-bond donors (Lipinski definition) is 0. The Hall–Kier alpha value is -0.0400. The van der Waals surface area contributed by atoms with Crippen molar-refractivity contribution in [2.45, 2.75) is 123 Å². The fourth-order valence-corrected chi connectivity index (χ4v) is 3.89. The lowest BCUT2D eigenvalue weighted by Crippen LogP contribution is -2.29. The van der Waals surface area contributed by atoms with Crippen molar-refractivity contribution in [2.75, 3.05) is 6.61 Å². The maximum atomic E-state index is 6.16. The molecule has 0 spiro atoms. The van der Waals surface area contributed by atoms with E-state index in [9.17, 15) is 0 Å². The van der Waals surface area contributed by atoms with Crippen LogP contribution in [-0.4, -0.2) is 12.7 Å². The highest BCUT2D eigenvalue weighted by molar-refractivity contribution is 4.76. The molecule has 0 bridgehead atoms. The SMILES string of the molecule is CCCCCCCCCCCCCCOC1CC(C)CCC1C. The van der Waals surface area contributed by atoms with Crippen LogP contribution in [0.1, 0.15) is 117 Å². The van der Waals surface area contributed by atoms with Gasteiger partial charge >= 0.3 is 0 Å². The van der Waals surface area contributed by atoms with Gasteiger partial charge in [-0.05, 0) is 31.1 Å². The molecule has 0 aromatic heterocycles. The van der Waals surface area contributed by atoms with Gasteiger partial charge in [0.15, 0.2) is 0 Å². The maximum Gasteiger partial charge on any atom is 0.0603 e. The van der Waals surface area contributed by atoms with Gasteiger partial charge in [-0.1, -0.05) is 97.8 Å². The first-order valence-corrected chi connectivity index (χ1v) is 10.9. The van der Waals surface area contributed by atoms with Crippen molar-refractivity contribution >= 4 is 0 Å². The fraction of sp³-hybridized carbons (Fsp3) is 1.00. The van der Waals surface area contributed by atoms with E-state index in [1.165, 1.54) is 96.3 Å². The Labute approximate surface area is 147 Å². The summed E-state index contributed by atoms with van der Waals surface area (Å²) in [6, 6.07) is 0. The van der Waals surface area contributed by atoms with Crippen molar-refractivity contribution in [3.05, 3.63) is 0 Å². The number of rotatable bonds is 14. The topological polar surface area (TPSA) is 9.23 Å². The van der Waals surface area contributed by atoms with Crippen LogP contribution in [0.5, 0.6) is 0 Å². The quantitative estimate of drug-likeness (QED) is 0.300. The van der Waals surface area contributed by atoms with Crippen molar-refractivity contribution < 1.29 is 4.74 Å².